The van der Waals surface area contributed by atoms with Crippen molar-refractivity contribution >= 4 is 5.91 Å². The minimum atomic E-state index is -0.0837. The highest BCUT2D eigenvalue weighted by Gasteiger charge is 2.35. The van der Waals surface area contributed by atoms with Crippen LogP contribution in [0.25, 0.3) is 0 Å². The van der Waals surface area contributed by atoms with E-state index in [2.05, 4.69) is 10.1 Å². The van der Waals surface area contributed by atoms with Gasteiger partial charge in [0.15, 0.2) is 0 Å². The van der Waals surface area contributed by atoms with E-state index >= 15 is 0 Å². The molecular weight excluding hydrogens is 286 g/mol. The number of carbonyl (C=O) groups is 1. The second kappa shape index (κ2) is 7.21. The number of rotatable bonds is 4. The number of nitrogens with zero attached hydrogens (tertiary/aromatic N) is 3. The monoisotopic (exact) mass is 309 g/mol. The van der Waals surface area contributed by atoms with Gasteiger partial charge in [0.2, 0.25) is 5.76 Å². The van der Waals surface area contributed by atoms with Crippen LogP contribution in [0.4, 0.5) is 0 Å². The number of hydrogen-bond donors (Lipinski definition) is 0. The fourth-order valence-electron chi connectivity index (χ4n) is 3.33. The number of methoxy groups -OCH3 is 1. The van der Waals surface area contributed by atoms with Crippen LogP contribution in [-0.2, 0) is 9.47 Å². The van der Waals surface area contributed by atoms with E-state index in [4.69, 9.17) is 14.0 Å². The van der Waals surface area contributed by atoms with Crippen LogP contribution >= 0.6 is 0 Å². The number of amides is 1. The molecule has 0 aliphatic carbocycles. The molecule has 3 heterocycles. The second-order valence-electron chi connectivity index (χ2n) is 5.75. The van der Waals surface area contributed by atoms with Gasteiger partial charge in [-0.3, -0.25) is 9.69 Å². The lowest BCUT2D eigenvalue weighted by molar-refractivity contribution is -0.0761. The van der Waals surface area contributed by atoms with Crippen molar-refractivity contribution in [2.75, 3.05) is 46.5 Å². The molecule has 0 aromatic carbocycles. The van der Waals surface area contributed by atoms with Crippen molar-refractivity contribution in [2.45, 2.75) is 25.0 Å². The summed E-state index contributed by atoms with van der Waals surface area (Å²) in [6, 6.07) is 1.97. The van der Waals surface area contributed by atoms with Crippen LogP contribution in [0.5, 0.6) is 0 Å². The molecule has 2 saturated heterocycles. The van der Waals surface area contributed by atoms with Crippen LogP contribution in [0.1, 0.15) is 23.4 Å². The van der Waals surface area contributed by atoms with Crippen molar-refractivity contribution in [3.05, 3.63) is 18.0 Å². The lowest BCUT2D eigenvalue weighted by atomic mass is 10.0. The molecule has 2 atom stereocenters. The summed E-state index contributed by atoms with van der Waals surface area (Å²) >= 11 is 0. The predicted octanol–water partition coefficient (Wildman–Crippen LogP) is 0.626. The zero-order chi connectivity index (χ0) is 15.4. The van der Waals surface area contributed by atoms with Crippen LogP contribution in [0.3, 0.4) is 0 Å². The molecule has 7 heteroatoms. The van der Waals surface area contributed by atoms with E-state index in [0.717, 1.165) is 39.1 Å². The molecule has 122 valence electrons. The molecule has 3 rings (SSSR count). The summed E-state index contributed by atoms with van der Waals surface area (Å²) in [5.74, 6) is 0.224. The van der Waals surface area contributed by atoms with E-state index in [9.17, 15) is 4.79 Å². The molecule has 2 aliphatic heterocycles. The van der Waals surface area contributed by atoms with Gasteiger partial charge < -0.3 is 18.9 Å². The maximum atomic E-state index is 12.4. The quantitative estimate of drug-likeness (QED) is 0.812. The van der Waals surface area contributed by atoms with Gasteiger partial charge in [-0.1, -0.05) is 5.16 Å². The van der Waals surface area contributed by atoms with Crippen LogP contribution in [0.15, 0.2) is 16.8 Å². The summed E-state index contributed by atoms with van der Waals surface area (Å²) in [6.07, 6.45) is 3.46. The Hall–Kier alpha value is -1.44. The third-order valence-electron chi connectivity index (χ3n) is 4.51. The molecule has 1 amide bonds. The van der Waals surface area contributed by atoms with E-state index in [-0.39, 0.29) is 12.0 Å². The number of ether oxygens (including phenoxy) is 2. The number of carbonyl (C=O) groups excluding carboxylic acids is 1. The Balaban J connectivity index is 1.64. The average molecular weight is 309 g/mol. The number of hydrogen-bond acceptors (Lipinski definition) is 6. The highest BCUT2D eigenvalue weighted by molar-refractivity contribution is 5.91. The Bertz CT molecular complexity index is 479. The van der Waals surface area contributed by atoms with Crippen LogP contribution < -0.4 is 0 Å². The molecular formula is C15H23N3O4. The summed E-state index contributed by atoms with van der Waals surface area (Å²) in [7, 11) is 1.73. The third-order valence-corrected chi connectivity index (χ3v) is 4.51. The minimum Gasteiger partial charge on any atom is -0.383 e. The van der Waals surface area contributed by atoms with E-state index in [0.29, 0.717) is 24.9 Å². The maximum Gasteiger partial charge on any atom is 0.292 e. The van der Waals surface area contributed by atoms with Crippen LogP contribution in [0.2, 0.25) is 0 Å². The van der Waals surface area contributed by atoms with Crippen LogP contribution in [0, 0.1) is 0 Å². The smallest absolute Gasteiger partial charge is 0.292 e. The Morgan fingerprint density at radius 2 is 2.27 bits per heavy atom. The van der Waals surface area contributed by atoms with Crippen molar-refractivity contribution < 1.29 is 18.8 Å². The van der Waals surface area contributed by atoms with E-state index in [1.54, 1.807) is 13.2 Å². The van der Waals surface area contributed by atoms with E-state index in [1.165, 1.54) is 6.20 Å². The predicted molar refractivity (Wildman–Crippen MR) is 78.6 cm³/mol. The number of aromatic nitrogens is 1. The van der Waals surface area contributed by atoms with Gasteiger partial charge in [-0.15, -0.1) is 0 Å². The fourth-order valence-corrected chi connectivity index (χ4v) is 3.33. The highest BCUT2D eigenvalue weighted by Crippen LogP contribution is 2.24. The molecule has 1 aromatic heterocycles. The third kappa shape index (κ3) is 3.31. The molecule has 0 spiro atoms. The lowest BCUT2D eigenvalue weighted by Gasteiger charge is -2.40. The lowest BCUT2D eigenvalue weighted by Crippen LogP contribution is -2.52. The van der Waals surface area contributed by atoms with Crippen molar-refractivity contribution in [1.82, 2.24) is 15.0 Å². The van der Waals surface area contributed by atoms with Gasteiger partial charge in [0.05, 0.1) is 25.5 Å². The van der Waals surface area contributed by atoms with Gasteiger partial charge >= 0.3 is 0 Å². The van der Waals surface area contributed by atoms with E-state index < -0.39 is 0 Å². The molecule has 0 saturated carbocycles. The molecule has 0 N–H and O–H groups in total. The summed E-state index contributed by atoms with van der Waals surface area (Å²) in [5, 5.41) is 3.61. The fraction of sp³-hybridized carbons (Fsp3) is 0.733. The first kappa shape index (κ1) is 15.5. The molecule has 7 nitrogen and oxygen atoms in total. The van der Waals surface area contributed by atoms with Crippen molar-refractivity contribution in [2.24, 2.45) is 0 Å². The Labute approximate surface area is 130 Å². The number of likely N-dealkylation sites (tertiary alicyclic amines) is 1. The van der Waals surface area contributed by atoms with Gasteiger partial charge in [0.1, 0.15) is 0 Å². The maximum absolute atomic E-state index is 12.4. The molecule has 0 bridgehead atoms. The average Bonchev–Trinajstić information content (AvgIpc) is 2.99. The number of fused-ring (bicyclic) bond motifs is 1. The zero-order valence-corrected chi connectivity index (χ0v) is 12.9. The van der Waals surface area contributed by atoms with Crippen molar-refractivity contribution in [3.63, 3.8) is 0 Å². The first-order valence-electron chi connectivity index (χ1n) is 7.84. The molecule has 22 heavy (non-hydrogen) atoms. The largest absolute Gasteiger partial charge is 0.383 e. The topological polar surface area (TPSA) is 68.0 Å². The van der Waals surface area contributed by atoms with Gasteiger partial charge in [-0.05, 0) is 12.8 Å². The Morgan fingerprint density at radius 1 is 1.41 bits per heavy atom. The van der Waals surface area contributed by atoms with Gasteiger partial charge in [-0.25, -0.2) is 0 Å². The number of morpholine rings is 1. The highest BCUT2D eigenvalue weighted by atomic mass is 16.5. The first-order valence-corrected chi connectivity index (χ1v) is 7.84. The summed E-state index contributed by atoms with van der Waals surface area (Å²) in [4.78, 5) is 16.7. The minimum absolute atomic E-state index is 0.0837. The molecule has 2 fully saturated rings. The Kier molecular flexibility index (Phi) is 5.07. The normalized spacial score (nSPS) is 26.5. The summed E-state index contributed by atoms with van der Waals surface area (Å²) < 4.78 is 16.1. The molecule has 1 aromatic rings. The van der Waals surface area contributed by atoms with E-state index in [1.807, 2.05) is 4.90 Å². The van der Waals surface area contributed by atoms with Gasteiger partial charge in [0.25, 0.3) is 5.91 Å². The standard InChI is InChI=1S/C15H23N3O4/c1-20-10-8-17-9-11-21-13-4-7-18(6-3-12(13)17)15(19)14-2-5-16-22-14/h2,5,12-13H,3-4,6-11H2,1H3/t12-,13-/m1/s1. The first-order chi connectivity index (χ1) is 10.8. The second-order valence-corrected chi connectivity index (χ2v) is 5.75. The summed E-state index contributed by atoms with van der Waals surface area (Å²) in [6.45, 7) is 4.73. The van der Waals surface area contributed by atoms with Crippen LogP contribution in [-0.4, -0.2) is 79.5 Å². The summed E-state index contributed by atoms with van der Waals surface area (Å²) in [5.41, 5.74) is 0. The Morgan fingerprint density at radius 3 is 3.05 bits per heavy atom. The molecule has 0 unspecified atom stereocenters. The molecule has 0 radical (unpaired) electrons. The SMILES string of the molecule is COCCN1CCO[C@@H]2CCN(C(=O)c3ccno3)CC[C@H]21. The van der Waals surface area contributed by atoms with Crippen molar-refractivity contribution in [1.29, 1.82) is 0 Å². The molecule has 2 aliphatic rings. The van der Waals surface area contributed by atoms with Crippen molar-refractivity contribution in [3.8, 4) is 0 Å². The van der Waals surface area contributed by atoms with Gasteiger partial charge in [-0.2, -0.15) is 0 Å². The van der Waals surface area contributed by atoms with Gasteiger partial charge in [0, 0.05) is 45.4 Å². The zero-order valence-electron chi connectivity index (χ0n) is 12.9.